The first-order valence-corrected chi connectivity index (χ1v) is 8.73. The summed E-state index contributed by atoms with van der Waals surface area (Å²) in [6, 6.07) is 10.2. The third kappa shape index (κ3) is 4.39. The number of nitrogens with zero attached hydrogens (tertiary/aromatic N) is 2. The summed E-state index contributed by atoms with van der Waals surface area (Å²) in [4.78, 5) is 32.5. The van der Waals surface area contributed by atoms with E-state index >= 15 is 0 Å². The summed E-state index contributed by atoms with van der Waals surface area (Å²) in [7, 11) is 1.55. The van der Waals surface area contributed by atoms with Crippen LogP contribution in [0.1, 0.15) is 26.5 Å². The fraction of sp³-hybridized carbons (Fsp3) is 0.111. The van der Waals surface area contributed by atoms with Crippen molar-refractivity contribution in [3.05, 3.63) is 59.5 Å². The van der Waals surface area contributed by atoms with Gasteiger partial charge in [0, 0.05) is 23.1 Å². The number of thiazole rings is 1. The molecule has 9 heteroatoms. The Balaban J connectivity index is 1.82. The Hall–Kier alpha value is -3.46. The number of benzene rings is 1. The van der Waals surface area contributed by atoms with Gasteiger partial charge in [-0.2, -0.15) is 0 Å². The molecule has 0 bridgehead atoms. The molecule has 0 radical (unpaired) electrons. The minimum absolute atomic E-state index is 0.00450. The van der Waals surface area contributed by atoms with Gasteiger partial charge in [0.05, 0.1) is 7.11 Å². The number of methoxy groups -OCH3 is 1. The minimum Gasteiger partial charge on any atom is -0.497 e. The average molecular weight is 383 g/mol. The van der Waals surface area contributed by atoms with Crippen molar-refractivity contribution in [1.29, 1.82) is 0 Å². The Labute approximate surface area is 159 Å². The van der Waals surface area contributed by atoms with Gasteiger partial charge in [-0.25, -0.2) is 4.98 Å². The molecular weight excluding hydrogens is 366 g/mol. The average Bonchev–Trinajstić information content (AvgIpc) is 3.04. The maximum Gasteiger partial charge on any atom is 0.270 e. The molecule has 3 rings (SSSR count). The topological polar surface area (TPSA) is 119 Å². The molecule has 2 aromatic heterocycles. The van der Waals surface area contributed by atoms with Crippen LogP contribution in [-0.2, 0) is 0 Å². The number of carbonyl (C=O) groups excluding carboxylic acids is 2. The van der Waals surface area contributed by atoms with Gasteiger partial charge in [-0.1, -0.05) is 11.3 Å². The second kappa shape index (κ2) is 7.83. The second-order valence-corrected chi connectivity index (χ2v) is 6.55. The molecule has 3 aromatic rings. The summed E-state index contributed by atoms with van der Waals surface area (Å²) in [6.07, 6.45) is 1.66. The summed E-state index contributed by atoms with van der Waals surface area (Å²) < 4.78 is 5.07. The van der Waals surface area contributed by atoms with Crippen molar-refractivity contribution < 1.29 is 14.3 Å². The maximum atomic E-state index is 12.4. The van der Waals surface area contributed by atoms with Crippen LogP contribution >= 0.6 is 11.3 Å². The lowest BCUT2D eigenvalue weighted by molar-refractivity contribution is 0.0997. The third-order valence-electron chi connectivity index (χ3n) is 3.59. The number of anilines is 3. The Morgan fingerprint density at radius 3 is 2.56 bits per heavy atom. The van der Waals surface area contributed by atoms with Gasteiger partial charge < -0.3 is 21.1 Å². The molecule has 2 amide bonds. The molecule has 0 spiro atoms. The van der Waals surface area contributed by atoms with Gasteiger partial charge in [0.2, 0.25) is 0 Å². The van der Waals surface area contributed by atoms with E-state index in [1.807, 2.05) is 13.0 Å². The fourth-order valence-corrected chi connectivity index (χ4v) is 3.18. The van der Waals surface area contributed by atoms with Crippen LogP contribution in [0.25, 0.3) is 0 Å². The predicted molar refractivity (Wildman–Crippen MR) is 104 cm³/mol. The molecule has 0 saturated heterocycles. The molecule has 0 aliphatic carbocycles. The van der Waals surface area contributed by atoms with E-state index in [1.54, 1.807) is 43.6 Å². The number of hydrogen-bond acceptors (Lipinski definition) is 7. The number of nitrogens with two attached hydrogens (primary N) is 1. The highest BCUT2D eigenvalue weighted by Gasteiger charge is 2.19. The zero-order chi connectivity index (χ0) is 19.4. The normalized spacial score (nSPS) is 10.3. The lowest BCUT2D eigenvalue weighted by atomic mass is 10.2. The molecule has 0 fully saturated rings. The van der Waals surface area contributed by atoms with Gasteiger partial charge in [-0.3, -0.25) is 14.6 Å². The van der Waals surface area contributed by atoms with Gasteiger partial charge in [0.1, 0.15) is 10.8 Å². The van der Waals surface area contributed by atoms with E-state index in [4.69, 9.17) is 10.5 Å². The summed E-state index contributed by atoms with van der Waals surface area (Å²) in [5.74, 6) is -0.466. The number of amides is 2. The van der Waals surface area contributed by atoms with E-state index in [0.717, 1.165) is 22.7 Å². The van der Waals surface area contributed by atoms with Crippen molar-refractivity contribution >= 4 is 39.0 Å². The highest BCUT2D eigenvalue weighted by molar-refractivity contribution is 7.20. The van der Waals surface area contributed by atoms with Crippen LogP contribution in [0.4, 0.5) is 15.8 Å². The lowest BCUT2D eigenvalue weighted by Crippen LogP contribution is -2.17. The molecule has 0 aliphatic rings. The quantitative estimate of drug-likeness (QED) is 0.602. The SMILES string of the molecule is COc1ccc(C(=O)Nc2sc(Nc3ccnc(C)c3)nc2C(N)=O)cc1. The van der Waals surface area contributed by atoms with Gasteiger partial charge in [0.15, 0.2) is 10.8 Å². The van der Waals surface area contributed by atoms with E-state index in [0.29, 0.717) is 16.4 Å². The van der Waals surface area contributed by atoms with Gasteiger partial charge in [0.25, 0.3) is 11.8 Å². The van der Waals surface area contributed by atoms with Crippen molar-refractivity contribution in [2.24, 2.45) is 5.73 Å². The molecule has 27 heavy (non-hydrogen) atoms. The van der Waals surface area contributed by atoms with Crippen molar-refractivity contribution in [2.45, 2.75) is 6.92 Å². The number of pyridine rings is 1. The first-order valence-electron chi connectivity index (χ1n) is 7.92. The Morgan fingerprint density at radius 1 is 1.19 bits per heavy atom. The molecule has 4 N–H and O–H groups in total. The number of carbonyl (C=O) groups is 2. The summed E-state index contributed by atoms with van der Waals surface area (Å²) in [6.45, 7) is 1.86. The zero-order valence-electron chi connectivity index (χ0n) is 14.6. The van der Waals surface area contributed by atoms with E-state index in [9.17, 15) is 9.59 Å². The number of hydrogen-bond donors (Lipinski definition) is 3. The molecule has 0 atom stereocenters. The van der Waals surface area contributed by atoms with Crippen LogP contribution in [0.2, 0.25) is 0 Å². The zero-order valence-corrected chi connectivity index (χ0v) is 15.5. The maximum absolute atomic E-state index is 12.4. The first-order chi connectivity index (χ1) is 13.0. The largest absolute Gasteiger partial charge is 0.497 e. The predicted octanol–water partition coefficient (Wildman–Crippen LogP) is 2.95. The summed E-state index contributed by atoms with van der Waals surface area (Å²) in [5, 5.41) is 6.47. The van der Waals surface area contributed by atoms with Crippen LogP contribution in [0.5, 0.6) is 5.75 Å². The van der Waals surface area contributed by atoms with Crippen molar-refractivity contribution in [1.82, 2.24) is 9.97 Å². The minimum atomic E-state index is -0.727. The van der Waals surface area contributed by atoms with E-state index in [-0.39, 0.29) is 16.6 Å². The molecule has 1 aromatic carbocycles. The van der Waals surface area contributed by atoms with Gasteiger partial charge in [-0.15, -0.1) is 0 Å². The molecule has 8 nitrogen and oxygen atoms in total. The Morgan fingerprint density at radius 2 is 1.93 bits per heavy atom. The molecule has 138 valence electrons. The van der Waals surface area contributed by atoms with E-state index < -0.39 is 5.91 Å². The number of nitrogens with one attached hydrogen (secondary N) is 2. The monoisotopic (exact) mass is 383 g/mol. The van der Waals surface area contributed by atoms with E-state index in [2.05, 4.69) is 20.6 Å². The smallest absolute Gasteiger partial charge is 0.270 e. The molecule has 0 saturated carbocycles. The van der Waals surface area contributed by atoms with Crippen LogP contribution in [0, 0.1) is 6.92 Å². The van der Waals surface area contributed by atoms with Crippen molar-refractivity contribution in [2.75, 3.05) is 17.7 Å². The Kier molecular flexibility index (Phi) is 5.32. The second-order valence-electron chi connectivity index (χ2n) is 5.55. The number of primary amides is 1. The van der Waals surface area contributed by atoms with Crippen molar-refractivity contribution in [3.8, 4) is 5.75 Å². The number of aryl methyl sites for hydroxylation is 1. The van der Waals surface area contributed by atoms with Crippen LogP contribution in [0.3, 0.4) is 0 Å². The summed E-state index contributed by atoms with van der Waals surface area (Å²) >= 11 is 1.12. The highest BCUT2D eigenvalue weighted by Crippen LogP contribution is 2.31. The highest BCUT2D eigenvalue weighted by atomic mass is 32.1. The fourth-order valence-electron chi connectivity index (χ4n) is 2.29. The van der Waals surface area contributed by atoms with E-state index in [1.165, 1.54) is 0 Å². The van der Waals surface area contributed by atoms with Gasteiger partial charge in [-0.05, 0) is 43.3 Å². The standard InChI is InChI=1S/C18H17N5O3S/c1-10-9-12(7-8-20-10)21-18-22-14(15(19)24)17(27-18)23-16(25)11-3-5-13(26-2)6-4-11/h3-9H,1-2H3,(H2,19,24)(H,23,25)(H,20,21,22). The Bertz CT molecular complexity index is 985. The number of ether oxygens (including phenoxy) is 1. The van der Waals surface area contributed by atoms with Gasteiger partial charge >= 0.3 is 0 Å². The number of aromatic nitrogens is 2. The van der Waals surface area contributed by atoms with Crippen LogP contribution < -0.4 is 21.1 Å². The first kappa shape index (κ1) is 18.3. The third-order valence-corrected chi connectivity index (χ3v) is 4.47. The summed E-state index contributed by atoms with van der Waals surface area (Å²) in [5.41, 5.74) is 7.41. The van der Waals surface area contributed by atoms with Crippen LogP contribution in [-0.4, -0.2) is 28.9 Å². The molecule has 0 aliphatic heterocycles. The molecular formula is C18H17N5O3S. The van der Waals surface area contributed by atoms with Crippen LogP contribution in [0.15, 0.2) is 42.6 Å². The molecule has 0 unspecified atom stereocenters. The molecule has 2 heterocycles. The lowest BCUT2D eigenvalue weighted by Gasteiger charge is -2.05. The number of rotatable bonds is 6. The van der Waals surface area contributed by atoms with Crippen molar-refractivity contribution in [3.63, 3.8) is 0 Å².